The fourth-order valence-electron chi connectivity index (χ4n) is 2.69. The van der Waals surface area contributed by atoms with Crippen LogP contribution in [0.2, 0.25) is 0 Å². The smallest absolute Gasteiger partial charge is 0.272 e. The van der Waals surface area contributed by atoms with Crippen molar-refractivity contribution in [2.45, 2.75) is 19.8 Å². The number of hydrogen-bond donors (Lipinski definition) is 2. The Morgan fingerprint density at radius 3 is 2.80 bits per heavy atom. The van der Waals surface area contributed by atoms with Gasteiger partial charge < -0.3 is 10.3 Å². The van der Waals surface area contributed by atoms with Crippen molar-refractivity contribution in [2.75, 3.05) is 6.54 Å². The van der Waals surface area contributed by atoms with E-state index in [1.54, 1.807) is 6.92 Å². The summed E-state index contributed by atoms with van der Waals surface area (Å²) in [7, 11) is 0. The Labute approximate surface area is 144 Å². The molecule has 1 aromatic heterocycles. The third-order valence-corrected chi connectivity index (χ3v) is 3.97. The summed E-state index contributed by atoms with van der Waals surface area (Å²) in [5.74, 6) is 0.657. The average molecular weight is 338 g/mol. The molecule has 0 fully saturated rings. The maximum Gasteiger partial charge on any atom is 0.272 e. The fraction of sp³-hybridized carbons (Fsp3) is 0.222. The number of H-pyrrole nitrogens is 1. The first-order valence-corrected chi connectivity index (χ1v) is 8.01. The standard InChI is InChI=1S/C18H18N4O3/c1-12-11-13(8-9-16(12)22(24)25)18(23)19-10-4-7-17-20-14-5-2-3-6-15(14)21-17/h2-3,5-6,8-9,11H,4,7,10H2,1H3,(H,19,23)(H,20,21). The van der Waals surface area contributed by atoms with Crippen LogP contribution in [-0.4, -0.2) is 27.3 Å². The molecule has 0 atom stereocenters. The molecule has 0 radical (unpaired) electrons. The van der Waals surface area contributed by atoms with E-state index in [-0.39, 0.29) is 11.6 Å². The summed E-state index contributed by atoms with van der Waals surface area (Å²) in [6.07, 6.45) is 1.48. The van der Waals surface area contributed by atoms with Crippen molar-refractivity contribution >= 4 is 22.6 Å². The quantitative estimate of drug-likeness (QED) is 0.409. The van der Waals surface area contributed by atoms with E-state index in [1.165, 1.54) is 18.2 Å². The number of aromatic nitrogens is 2. The number of carbonyl (C=O) groups is 1. The van der Waals surface area contributed by atoms with Crippen LogP contribution in [0.1, 0.15) is 28.2 Å². The number of rotatable bonds is 6. The molecule has 0 aliphatic carbocycles. The summed E-state index contributed by atoms with van der Waals surface area (Å²) < 4.78 is 0. The number of fused-ring (bicyclic) bond motifs is 1. The molecule has 25 heavy (non-hydrogen) atoms. The predicted octanol–water partition coefficient (Wildman–Crippen LogP) is 3.14. The number of nitrogens with zero attached hydrogens (tertiary/aromatic N) is 2. The predicted molar refractivity (Wildman–Crippen MR) is 94.6 cm³/mol. The number of benzene rings is 2. The van der Waals surface area contributed by atoms with Gasteiger partial charge in [-0.15, -0.1) is 0 Å². The normalized spacial score (nSPS) is 10.8. The third kappa shape index (κ3) is 3.82. The summed E-state index contributed by atoms with van der Waals surface area (Å²) in [6.45, 7) is 2.13. The van der Waals surface area contributed by atoms with Gasteiger partial charge in [0.25, 0.3) is 11.6 Å². The number of imidazole rings is 1. The molecule has 0 unspecified atom stereocenters. The van der Waals surface area contributed by atoms with E-state index in [0.717, 1.165) is 29.7 Å². The molecular weight excluding hydrogens is 320 g/mol. The van der Waals surface area contributed by atoms with Gasteiger partial charge in [0, 0.05) is 30.2 Å². The van der Waals surface area contributed by atoms with Crippen molar-refractivity contribution in [3.63, 3.8) is 0 Å². The number of hydrogen-bond acceptors (Lipinski definition) is 4. The molecule has 2 N–H and O–H groups in total. The van der Waals surface area contributed by atoms with Gasteiger partial charge in [0.15, 0.2) is 0 Å². The largest absolute Gasteiger partial charge is 0.352 e. The molecule has 0 saturated heterocycles. The first kappa shape index (κ1) is 16.6. The molecule has 7 nitrogen and oxygen atoms in total. The van der Waals surface area contributed by atoms with Crippen LogP contribution in [0.5, 0.6) is 0 Å². The highest BCUT2D eigenvalue weighted by atomic mass is 16.6. The van der Waals surface area contributed by atoms with Gasteiger partial charge in [-0.1, -0.05) is 12.1 Å². The van der Waals surface area contributed by atoms with E-state index >= 15 is 0 Å². The summed E-state index contributed by atoms with van der Waals surface area (Å²) in [6, 6.07) is 12.2. The van der Waals surface area contributed by atoms with Crippen LogP contribution in [0, 0.1) is 17.0 Å². The first-order chi connectivity index (χ1) is 12.0. The number of carbonyl (C=O) groups excluding carboxylic acids is 1. The molecule has 128 valence electrons. The van der Waals surface area contributed by atoms with Crippen LogP contribution in [-0.2, 0) is 6.42 Å². The van der Waals surface area contributed by atoms with Crippen molar-refractivity contribution in [2.24, 2.45) is 0 Å². The van der Waals surface area contributed by atoms with Crippen LogP contribution in [0.15, 0.2) is 42.5 Å². The van der Waals surface area contributed by atoms with Gasteiger partial charge in [0.05, 0.1) is 16.0 Å². The number of aryl methyl sites for hydroxylation is 2. The Hall–Kier alpha value is -3.22. The molecule has 0 aliphatic heterocycles. The van der Waals surface area contributed by atoms with Crippen LogP contribution >= 0.6 is 0 Å². The van der Waals surface area contributed by atoms with E-state index in [0.29, 0.717) is 17.7 Å². The second kappa shape index (κ2) is 7.12. The minimum atomic E-state index is -0.454. The monoisotopic (exact) mass is 338 g/mol. The summed E-state index contributed by atoms with van der Waals surface area (Å²) in [5.41, 5.74) is 2.85. The van der Waals surface area contributed by atoms with E-state index in [4.69, 9.17) is 0 Å². The lowest BCUT2D eigenvalue weighted by molar-refractivity contribution is -0.385. The molecule has 0 spiro atoms. The maximum atomic E-state index is 12.1. The van der Waals surface area contributed by atoms with Gasteiger partial charge in [-0.05, 0) is 37.6 Å². The summed E-state index contributed by atoms with van der Waals surface area (Å²) in [5, 5.41) is 13.6. The van der Waals surface area contributed by atoms with Gasteiger partial charge in [0.1, 0.15) is 5.82 Å². The average Bonchev–Trinajstić information content (AvgIpc) is 3.00. The maximum absolute atomic E-state index is 12.1. The highest BCUT2D eigenvalue weighted by Gasteiger charge is 2.13. The lowest BCUT2D eigenvalue weighted by Gasteiger charge is -2.05. The van der Waals surface area contributed by atoms with E-state index in [1.807, 2.05) is 24.3 Å². The van der Waals surface area contributed by atoms with Crippen molar-refractivity contribution < 1.29 is 9.72 Å². The lowest BCUT2D eigenvalue weighted by Crippen LogP contribution is -2.25. The topological polar surface area (TPSA) is 101 Å². The Kier molecular flexibility index (Phi) is 4.74. The number of nitrogens with one attached hydrogen (secondary N) is 2. The second-order valence-corrected chi connectivity index (χ2v) is 5.82. The molecule has 0 aliphatic rings. The molecular formula is C18H18N4O3. The van der Waals surface area contributed by atoms with Crippen LogP contribution in [0.3, 0.4) is 0 Å². The number of nitro benzene ring substituents is 1. The zero-order chi connectivity index (χ0) is 17.8. The summed E-state index contributed by atoms with van der Waals surface area (Å²) in [4.78, 5) is 30.2. The molecule has 1 heterocycles. The minimum Gasteiger partial charge on any atom is -0.352 e. The highest BCUT2D eigenvalue weighted by Crippen LogP contribution is 2.18. The first-order valence-electron chi connectivity index (χ1n) is 8.01. The number of para-hydroxylation sites is 2. The van der Waals surface area contributed by atoms with Gasteiger partial charge in [-0.3, -0.25) is 14.9 Å². The number of nitro groups is 1. The van der Waals surface area contributed by atoms with Crippen molar-refractivity contribution in [1.82, 2.24) is 15.3 Å². The molecule has 0 saturated carbocycles. The van der Waals surface area contributed by atoms with Crippen LogP contribution < -0.4 is 5.32 Å². The zero-order valence-corrected chi connectivity index (χ0v) is 13.8. The highest BCUT2D eigenvalue weighted by molar-refractivity contribution is 5.94. The second-order valence-electron chi connectivity index (χ2n) is 5.82. The van der Waals surface area contributed by atoms with Gasteiger partial charge in [-0.2, -0.15) is 0 Å². The van der Waals surface area contributed by atoms with Crippen molar-refractivity contribution in [1.29, 1.82) is 0 Å². The third-order valence-electron chi connectivity index (χ3n) is 3.97. The molecule has 0 bridgehead atoms. The molecule has 2 aromatic carbocycles. The van der Waals surface area contributed by atoms with Gasteiger partial charge in [-0.25, -0.2) is 4.98 Å². The molecule has 3 rings (SSSR count). The fourth-order valence-corrected chi connectivity index (χ4v) is 2.69. The van der Waals surface area contributed by atoms with E-state index < -0.39 is 4.92 Å². The van der Waals surface area contributed by atoms with E-state index in [9.17, 15) is 14.9 Å². The Bertz CT molecular complexity index is 900. The minimum absolute atomic E-state index is 0.0152. The molecule has 1 amide bonds. The number of amides is 1. The van der Waals surface area contributed by atoms with Crippen molar-refractivity contribution in [3.05, 3.63) is 69.5 Å². The molecule has 7 heteroatoms. The van der Waals surface area contributed by atoms with Crippen LogP contribution in [0.4, 0.5) is 5.69 Å². The van der Waals surface area contributed by atoms with E-state index in [2.05, 4.69) is 15.3 Å². The van der Waals surface area contributed by atoms with Gasteiger partial charge >= 0.3 is 0 Å². The summed E-state index contributed by atoms with van der Waals surface area (Å²) >= 11 is 0. The molecule has 3 aromatic rings. The van der Waals surface area contributed by atoms with Gasteiger partial charge in [0.2, 0.25) is 0 Å². The Morgan fingerprint density at radius 1 is 1.28 bits per heavy atom. The lowest BCUT2D eigenvalue weighted by atomic mass is 10.1. The Morgan fingerprint density at radius 2 is 2.08 bits per heavy atom. The van der Waals surface area contributed by atoms with Crippen LogP contribution in [0.25, 0.3) is 11.0 Å². The van der Waals surface area contributed by atoms with Crippen molar-refractivity contribution in [3.8, 4) is 0 Å². The Balaban J connectivity index is 1.52. The zero-order valence-electron chi connectivity index (χ0n) is 13.8. The number of aromatic amines is 1. The SMILES string of the molecule is Cc1cc(C(=O)NCCCc2nc3ccccc3[nH]2)ccc1[N+](=O)[O-].